The van der Waals surface area contributed by atoms with Gasteiger partial charge in [-0.25, -0.2) is 0 Å². The molecule has 2 nitrogen and oxygen atoms in total. The van der Waals surface area contributed by atoms with Gasteiger partial charge < -0.3 is 5.73 Å². The third-order valence-corrected chi connectivity index (χ3v) is 1.82. The molecule has 0 aliphatic heterocycles. The van der Waals surface area contributed by atoms with Crippen LogP contribution in [0.5, 0.6) is 0 Å². The fraction of sp³-hybridized carbons (Fsp3) is 0.444. The molecule has 0 unspecified atom stereocenters. The van der Waals surface area contributed by atoms with Gasteiger partial charge in [0.1, 0.15) is 0 Å². The quantitative estimate of drug-likeness (QED) is 0.762. The van der Waals surface area contributed by atoms with Crippen molar-refractivity contribution in [1.29, 1.82) is 0 Å². The van der Waals surface area contributed by atoms with Gasteiger partial charge in [-0.2, -0.15) is 13.2 Å². The number of aromatic nitrogens is 1. The maximum Gasteiger partial charge on any atom is 0.416 e. The summed E-state index contributed by atoms with van der Waals surface area (Å²) in [4.78, 5) is 3.65. The Morgan fingerprint density at radius 1 is 1.21 bits per heavy atom. The number of rotatable bonds is 1. The van der Waals surface area contributed by atoms with Crippen molar-refractivity contribution in [3.05, 3.63) is 29.6 Å². The summed E-state index contributed by atoms with van der Waals surface area (Å²) >= 11 is 0. The third kappa shape index (κ3) is 2.23. The Morgan fingerprint density at radius 3 is 2.14 bits per heavy atom. The third-order valence-electron chi connectivity index (χ3n) is 1.82. The minimum atomic E-state index is -4.38. The molecule has 0 amide bonds. The molecule has 0 saturated heterocycles. The van der Waals surface area contributed by atoms with Crippen LogP contribution in [-0.4, -0.2) is 4.98 Å². The summed E-state index contributed by atoms with van der Waals surface area (Å²) in [5, 5.41) is 0. The molecule has 0 fully saturated rings. The SMILES string of the molecule is CC(C)(N)c1cnccc1C(F)(F)F. The molecule has 1 heterocycles. The Balaban J connectivity index is 3.31. The van der Waals surface area contributed by atoms with E-state index in [1.165, 1.54) is 13.8 Å². The summed E-state index contributed by atoms with van der Waals surface area (Å²) in [5.41, 5.74) is 3.86. The molecule has 2 N–H and O–H groups in total. The van der Waals surface area contributed by atoms with E-state index in [4.69, 9.17) is 5.73 Å². The van der Waals surface area contributed by atoms with E-state index in [1.54, 1.807) is 0 Å². The Hall–Kier alpha value is -1.10. The Bertz CT molecular complexity index is 293. The lowest BCUT2D eigenvalue weighted by Gasteiger charge is -2.23. The topological polar surface area (TPSA) is 38.9 Å². The van der Waals surface area contributed by atoms with Crippen LogP contribution in [-0.2, 0) is 11.7 Å². The normalized spacial score (nSPS) is 13.0. The molecule has 0 bridgehead atoms. The highest BCUT2D eigenvalue weighted by atomic mass is 19.4. The van der Waals surface area contributed by atoms with E-state index in [0.717, 1.165) is 18.5 Å². The number of halogens is 3. The Morgan fingerprint density at radius 2 is 1.79 bits per heavy atom. The van der Waals surface area contributed by atoms with Crippen LogP contribution in [0.1, 0.15) is 25.0 Å². The molecule has 0 aliphatic rings. The van der Waals surface area contributed by atoms with Crippen molar-refractivity contribution in [2.75, 3.05) is 0 Å². The van der Waals surface area contributed by atoms with E-state index in [0.29, 0.717) is 0 Å². The molecule has 1 rings (SSSR count). The van der Waals surface area contributed by atoms with Gasteiger partial charge in [-0.3, -0.25) is 4.98 Å². The average Bonchev–Trinajstić information content (AvgIpc) is 2.01. The summed E-state index contributed by atoms with van der Waals surface area (Å²) in [6.07, 6.45) is -2.12. The van der Waals surface area contributed by atoms with E-state index in [2.05, 4.69) is 4.98 Å². The monoisotopic (exact) mass is 204 g/mol. The molecule has 0 atom stereocenters. The van der Waals surface area contributed by atoms with E-state index < -0.39 is 17.3 Å². The summed E-state index contributed by atoms with van der Waals surface area (Å²) < 4.78 is 37.5. The zero-order chi connectivity index (χ0) is 11.0. The predicted octanol–water partition coefficient (Wildman–Crippen LogP) is 2.29. The van der Waals surface area contributed by atoms with Crippen molar-refractivity contribution in [3.63, 3.8) is 0 Å². The molecule has 0 aliphatic carbocycles. The van der Waals surface area contributed by atoms with Crippen molar-refractivity contribution < 1.29 is 13.2 Å². The van der Waals surface area contributed by atoms with Gasteiger partial charge in [0.25, 0.3) is 0 Å². The highest BCUT2D eigenvalue weighted by Gasteiger charge is 2.36. The van der Waals surface area contributed by atoms with Crippen molar-refractivity contribution in [3.8, 4) is 0 Å². The van der Waals surface area contributed by atoms with E-state index in [-0.39, 0.29) is 5.56 Å². The molecule has 0 spiro atoms. The first-order valence-corrected chi connectivity index (χ1v) is 4.03. The van der Waals surface area contributed by atoms with Gasteiger partial charge in [0.15, 0.2) is 0 Å². The van der Waals surface area contributed by atoms with Crippen LogP contribution >= 0.6 is 0 Å². The molecule has 14 heavy (non-hydrogen) atoms. The number of pyridine rings is 1. The second-order valence-corrected chi connectivity index (χ2v) is 3.64. The summed E-state index contributed by atoms with van der Waals surface area (Å²) in [6.45, 7) is 3.03. The Kier molecular flexibility index (Phi) is 2.54. The second kappa shape index (κ2) is 3.24. The van der Waals surface area contributed by atoms with Crippen LogP contribution in [0.4, 0.5) is 13.2 Å². The predicted molar refractivity (Wildman–Crippen MR) is 46.5 cm³/mol. The number of hydrogen-bond donors (Lipinski definition) is 1. The number of hydrogen-bond acceptors (Lipinski definition) is 2. The van der Waals surface area contributed by atoms with Gasteiger partial charge in [-0.05, 0) is 19.9 Å². The first kappa shape index (κ1) is 11.0. The van der Waals surface area contributed by atoms with E-state index in [1.807, 2.05) is 0 Å². The molecule has 1 aromatic heterocycles. The highest BCUT2D eigenvalue weighted by molar-refractivity contribution is 5.31. The van der Waals surface area contributed by atoms with Crippen LogP contribution in [0.3, 0.4) is 0 Å². The zero-order valence-corrected chi connectivity index (χ0v) is 7.89. The number of nitrogens with two attached hydrogens (primary N) is 1. The van der Waals surface area contributed by atoms with E-state index >= 15 is 0 Å². The summed E-state index contributed by atoms with van der Waals surface area (Å²) in [7, 11) is 0. The van der Waals surface area contributed by atoms with Gasteiger partial charge >= 0.3 is 6.18 Å². The molecule has 0 aromatic carbocycles. The maximum absolute atomic E-state index is 12.5. The lowest BCUT2D eigenvalue weighted by Crippen LogP contribution is -2.31. The Labute approximate surface area is 79.9 Å². The van der Waals surface area contributed by atoms with Crippen LogP contribution in [0.25, 0.3) is 0 Å². The molecular formula is C9H11F3N2. The van der Waals surface area contributed by atoms with Gasteiger partial charge in [0.05, 0.1) is 5.56 Å². The average molecular weight is 204 g/mol. The first-order chi connectivity index (χ1) is 6.23. The number of alkyl halides is 3. The molecule has 5 heteroatoms. The van der Waals surface area contributed by atoms with Gasteiger partial charge in [-0.1, -0.05) is 0 Å². The van der Waals surface area contributed by atoms with Crippen molar-refractivity contribution >= 4 is 0 Å². The van der Waals surface area contributed by atoms with Gasteiger partial charge in [0, 0.05) is 23.5 Å². The zero-order valence-electron chi connectivity index (χ0n) is 7.89. The first-order valence-electron chi connectivity index (χ1n) is 4.03. The van der Waals surface area contributed by atoms with Crippen LogP contribution < -0.4 is 5.73 Å². The van der Waals surface area contributed by atoms with E-state index in [9.17, 15) is 13.2 Å². The van der Waals surface area contributed by atoms with Crippen molar-refractivity contribution in [2.24, 2.45) is 5.73 Å². The fourth-order valence-corrected chi connectivity index (χ4v) is 1.16. The van der Waals surface area contributed by atoms with Crippen molar-refractivity contribution in [1.82, 2.24) is 4.98 Å². The van der Waals surface area contributed by atoms with Gasteiger partial charge in [0.2, 0.25) is 0 Å². The highest BCUT2D eigenvalue weighted by Crippen LogP contribution is 2.34. The lowest BCUT2D eigenvalue weighted by atomic mass is 9.92. The van der Waals surface area contributed by atoms with Crippen LogP contribution in [0.2, 0.25) is 0 Å². The minimum Gasteiger partial charge on any atom is -0.322 e. The summed E-state index contributed by atoms with van der Waals surface area (Å²) in [6, 6.07) is 0.934. The molecular weight excluding hydrogens is 193 g/mol. The molecule has 78 valence electrons. The lowest BCUT2D eigenvalue weighted by molar-refractivity contribution is -0.138. The maximum atomic E-state index is 12.5. The smallest absolute Gasteiger partial charge is 0.322 e. The van der Waals surface area contributed by atoms with Crippen LogP contribution in [0.15, 0.2) is 18.5 Å². The fourth-order valence-electron chi connectivity index (χ4n) is 1.16. The van der Waals surface area contributed by atoms with Gasteiger partial charge in [-0.15, -0.1) is 0 Å². The minimum absolute atomic E-state index is 0.00694. The summed E-state index contributed by atoms with van der Waals surface area (Å²) in [5.74, 6) is 0. The standard InChI is InChI=1S/C9H11F3N2/c1-8(2,13)7-5-14-4-3-6(7)9(10,11)12/h3-5H,13H2,1-2H3. The molecule has 1 aromatic rings. The van der Waals surface area contributed by atoms with Crippen LogP contribution in [0, 0.1) is 0 Å². The van der Waals surface area contributed by atoms with Crippen molar-refractivity contribution in [2.45, 2.75) is 25.6 Å². The molecule has 0 saturated carbocycles. The second-order valence-electron chi connectivity index (χ2n) is 3.64. The largest absolute Gasteiger partial charge is 0.416 e. The molecule has 0 radical (unpaired) electrons. The number of nitrogens with zero attached hydrogens (tertiary/aromatic N) is 1.